The number of aromatic nitrogens is 1. The third-order valence-electron chi connectivity index (χ3n) is 3.60. The molecule has 0 saturated heterocycles. The Morgan fingerprint density at radius 2 is 2.00 bits per heavy atom. The Kier molecular flexibility index (Phi) is 6.01. The number of nitrogens with zero attached hydrogens (tertiary/aromatic N) is 1. The van der Waals surface area contributed by atoms with E-state index in [4.69, 9.17) is 9.26 Å². The van der Waals surface area contributed by atoms with E-state index in [1.54, 1.807) is 13.8 Å². The molecule has 0 bridgehead atoms. The standard InChI is InChI=1S/C17H17F3N2O4/c1-10-14(11(2)26-22-10)6-7-16(24)25-9-15(23)21-13-5-3-4-12(8-13)17(18,19)20/h3-5,8H,6-7,9H2,1-2H3,(H,21,23). The molecule has 0 aliphatic rings. The fraction of sp³-hybridized carbons (Fsp3) is 0.353. The highest BCUT2D eigenvalue weighted by Crippen LogP contribution is 2.30. The second-order valence-electron chi connectivity index (χ2n) is 5.59. The van der Waals surface area contributed by atoms with E-state index in [0.717, 1.165) is 17.7 Å². The van der Waals surface area contributed by atoms with E-state index >= 15 is 0 Å². The van der Waals surface area contributed by atoms with Crippen molar-refractivity contribution < 1.29 is 32.0 Å². The second kappa shape index (κ2) is 8.03. The normalized spacial score (nSPS) is 11.3. The fourth-order valence-electron chi connectivity index (χ4n) is 2.27. The van der Waals surface area contributed by atoms with E-state index < -0.39 is 30.2 Å². The summed E-state index contributed by atoms with van der Waals surface area (Å²) in [7, 11) is 0. The highest BCUT2D eigenvalue weighted by atomic mass is 19.4. The number of anilines is 1. The molecule has 0 aliphatic heterocycles. The number of esters is 1. The number of hydrogen-bond donors (Lipinski definition) is 1. The first-order valence-electron chi connectivity index (χ1n) is 7.71. The number of halogens is 3. The molecule has 26 heavy (non-hydrogen) atoms. The van der Waals surface area contributed by atoms with Crippen LogP contribution in [0.2, 0.25) is 0 Å². The first-order valence-corrected chi connectivity index (χ1v) is 7.71. The van der Waals surface area contributed by atoms with Gasteiger partial charge in [0.1, 0.15) is 5.76 Å². The van der Waals surface area contributed by atoms with E-state index in [2.05, 4.69) is 10.5 Å². The molecule has 0 radical (unpaired) electrons. The second-order valence-corrected chi connectivity index (χ2v) is 5.59. The van der Waals surface area contributed by atoms with Gasteiger partial charge in [-0.2, -0.15) is 13.2 Å². The molecule has 1 aromatic heterocycles. The Labute approximate surface area is 147 Å². The van der Waals surface area contributed by atoms with Crippen LogP contribution in [0.25, 0.3) is 0 Å². The van der Waals surface area contributed by atoms with Gasteiger partial charge in [-0.3, -0.25) is 9.59 Å². The van der Waals surface area contributed by atoms with Crippen molar-refractivity contribution >= 4 is 17.6 Å². The molecule has 0 atom stereocenters. The van der Waals surface area contributed by atoms with Crippen molar-refractivity contribution in [2.24, 2.45) is 0 Å². The molecule has 6 nitrogen and oxygen atoms in total. The number of amides is 1. The van der Waals surface area contributed by atoms with Crippen LogP contribution >= 0.6 is 0 Å². The molecule has 0 unspecified atom stereocenters. The maximum atomic E-state index is 12.6. The van der Waals surface area contributed by atoms with Crippen LogP contribution < -0.4 is 5.32 Å². The Balaban J connectivity index is 1.80. The molecule has 0 spiro atoms. The van der Waals surface area contributed by atoms with Crippen LogP contribution in [0.15, 0.2) is 28.8 Å². The van der Waals surface area contributed by atoms with Crippen molar-refractivity contribution in [1.82, 2.24) is 5.16 Å². The summed E-state index contributed by atoms with van der Waals surface area (Å²) < 4.78 is 47.7. The van der Waals surface area contributed by atoms with Gasteiger partial charge >= 0.3 is 12.1 Å². The van der Waals surface area contributed by atoms with E-state index in [1.807, 2.05) is 0 Å². The van der Waals surface area contributed by atoms with Gasteiger partial charge in [-0.25, -0.2) is 0 Å². The SMILES string of the molecule is Cc1noc(C)c1CCC(=O)OCC(=O)Nc1cccc(C(F)(F)F)c1. The van der Waals surface area contributed by atoms with Crippen molar-refractivity contribution in [2.75, 3.05) is 11.9 Å². The molecule has 1 heterocycles. The fourth-order valence-corrected chi connectivity index (χ4v) is 2.27. The summed E-state index contributed by atoms with van der Waals surface area (Å²) in [5.74, 6) is -0.725. The zero-order valence-electron chi connectivity index (χ0n) is 14.1. The summed E-state index contributed by atoms with van der Waals surface area (Å²) in [6.45, 7) is 2.89. The lowest BCUT2D eigenvalue weighted by molar-refractivity contribution is -0.147. The zero-order valence-corrected chi connectivity index (χ0v) is 14.1. The number of aryl methyl sites for hydroxylation is 2. The van der Waals surface area contributed by atoms with Crippen molar-refractivity contribution in [3.05, 3.63) is 46.8 Å². The molecule has 1 N–H and O–H groups in total. The van der Waals surface area contributed by atoms with Crippen molar-refractivity contribution in [3.8, 4) is 0 Å². The third kappa shape index (κ3) is 5.33. The van der Waals surface area contributed by atoms with Gasteiger partial charge in [-0.15, -0.1) is 0 Å². The predicted molar refractivity (Wildman–Crippen MR) is 85.3 cm³/mol. The van der Waals surface area contributed by atoms with Crippen molar-refractivity contribution in [2.45, 2.75) is 32.9 Å². The minimum Gasteiger partial charge on any atom is -0.456 e. The van der Waals surface area contributed by atoms with Gasteiger partial charge in [0.25, 0.3) is 5.91 Å². The summed E-state index contributed by atoms with van der Waals surface area (Å²) >= 11 is 0. The number of alkyl halides is 3. The van der Waals surface area contributed by atoms with Crippen molar-refractivity contribution in [1.29, 1.82) is 0 Å². The topological polar surface area (TPSA) is 81.4 Å². The summed E-state index contributed by atoms with van der Waals surface area (Å²) in [5.41, 5.74) is 0.566. The van der Waals surface area contributed by atoms with Gasteiger partial charge in [0.15, 0.2) is 6.61 Å². The van der Waals surface area contributed by atoms with E-state index in [9.17, 15) is 22.8 Å². The molecule has 0 aliphatic carbocycles. The summed E-state index contributed by atoms with van der Waals surface area (Å²) in [4.78, 5) is 23.4. The van der Waals surface area contributed by atoms with Gasteiger partial charge in [-0.1, -0.05) is 11.2 Å². The highest BCUT2D eigenvalue weighted by molar-refractivity contribution is 5.92. The molecule has 0 fully saturated rings. The molecular formula is C17H17F3N2O4. The lowest BCUT2D eigenvalue weighted by Crippen LogP contribution is -2.21. The predicted octanol–water partition coefficient (Wildman–Crippen LogP) is 3.42. The lowest BCUT2D eigenvalue weighted by Gasteiger charge is -2.10. The molecule has 140 valence electrons. The molecule has 0 saturated carbocycles. The van der Waals surface area contributed by atoms with Crippen LogP contribution in [0.1, 0.15) is 29.0 Å². The van der Waals surface area contributed by atoms with Gasteiger partial charge in [0.2, 0.25) is 0 Å². The smallest absolute Gasteiger partial charge is 0.416 e. The van der Waals surface area contributed by atoms with Crippen molar-refractivity contribution in [3.63, 3.8) is 0 Å². The Morgan fingerprint density at radius 1 is 1.27 bits per heavy atom. The third-order valence-corrected chi connectivity index (χ3v) is 3.60. The number of carbonyl (C=O) groups excluding carboxylic acids is 2. The lowest BCUT2D eigenvalue weighted by atomic mass is 10.1. The molecular weight excluding hydrogens is 353 g/mol. The minimum atomic E-state index is -4.51. The molecule has 2 aromatic rings. The van der Waals surface area contributed by atoms with E-state index in [1.165, 1.54) is 12.1 Å². The summed E-state index contributed by atoms with van der Waals surface area (Å²) in [6, 6.07) is 4.18. The summed E-state index contributed by atoms with van der Waals surface area (Å²) in [6.07, 6.45) is -4.12. The van der Waals surface area contributed by atoms with Crippen LogP contribution in [0, 0.1) is 13.8 Å². The van der Waals surface area contributed by atoms with E-state index in [0.29, 0.717) is 17.9 Å². The van der Waals surface area contributed by atoms with Crippen LogP contribution in [-0.2, 0) is 26.9 Å². The van der Waals surface area contributed by atoms with Crippen LogP contribution in [-0.4, -0.2) is 23.6 Å². The zero-order chi connectivity index (χ0) is 19.3. The van der Waals surface area contributed by atoms with Gasteiger partial charge in [0, 0.05) is 17.7 Å². The first-order chi connectivity index (χ1) is 12.2. The maximum Gasteiger partial charge on any atom is 0.416 e. The quantitative estimate of drug-likeness (QED) is 0.788. The monoisotopic (exact) mass is 370 g/mol. The number of benzene rings is 1. The highest BCUT2D eigenvalue weighted by Gasteiger charge is 2.30. The molecule has 2 rings (SSSR count). The Hall–Kier alpha value is -2.84. The largest absolute Gasteiger partial charge is 0.456 e. The number of nitrogens with one attached hydrogen (secondary N) is 1. The number of hydrogen-bond acceptors (Lipinski definition) is 5. The minimum absolute atomic E-state index is 0.0275. The van der Waals surface area contributed by atoms with Crippen LogP contribution in [0.3, 0.4) is 0 Å². The molecule has 1 amide bonds. The number of rotatable bonds is 6. The van der Waals surface area contributed by atoms with Gasteiger partial charge < -0.3 is 14.6 Å². The molecule has 9 heteroatoms. The number of ether oxygens (including phenoxy) is 1. The maximum absolute atomic E-state index is 12.6. The average Bonchev–Trinajstić information content (AvgIpc) is 2.89. The first kappa shape index (κ1) is 19.5. The Morgan fingerprint density at radius 3 is 2.62 bits per heavy atom. The molecule has 1 aromatic carbocycles. The van der Waals surface area contributed by atoms with Crippen LogP contribution in [0.4, 0.5) is 18.9 Å². The van der Waals surface area contributed by atoms with Crippen LogP contribution in [0.5, 0.6) is 0 Å². The Bertz CT molecular complexity index is 780. The van der Waals surface area contributed by atoms with Gasteiger partial charge in [0.05, 0.1) is 11.3 Å². The summed E-state index contributed by atoms with van der Waals surface area (Å²) in [5, 5.41) is 6.02. The number of carbonyl (C=O) groups is 2. The van der Waals surface area contributed by atoms with Gasteiger partial charge in [-0.05, 0) is 38.5 Å². The van der Waals surface area contributed by atoms with E-state index in [-0.39, 0.29) is 12.1 Å². The average molecular weight is 370 g/mol.